The summed E-state index contributed by atoms with van der Waals surface area (Å²) >= 11 is 0. The van der Waals surface area contributed by atoms with Crippen LogP contribution in [-0.2, 0) is 4.79 Å². The zero-order chi connectivity index (χ0) is 16.8. The molecular weight excluding hydrogens is 292 g/mol. The van der Waals surface area contributed by atoms with Gasteiger partial charge in [0.25, 0.3) is 5.91 Å². The van der Waals surface area contributed by atoms with E-state index < -0.39 is 6.04 Å². The molecule has 0 aliphatic rings. The van der Waals surface area contributed by atoms with E-state index in [2.05, 4.69) is 20.6 Å². The summed E-state index contributed by atoms with van der Waals surface area (Å²) in [7, 11) is 0. The first-order valence-corrected chi connectivity index (χ1v) is 7.70. The van der Waals surface area contributed by atoms with Crippen molar-refractivity contribution < 1.29 is 9.59 Å². The molecule has 23 heavy (non-hydrogen) atoms. The van der Waals surface area contributed by atoms with Gasteiger partial charge in [-0.25, -0.2) is 4.98 Å². The molecule has 0 aliphatic heterocycles. The Morgan fingerprint density at radius 2 is 1.91 bits per heavy atom. The van der Waals surface area contributed by atoms with Crippen LogP contribution in [0.2, 0.25) is 0 Å². The van der Waals surface area contributed by atoms with E-state index in [1.165, 1.54) is 0 Å². The minimum atomic E-state index is -0.547. The number of hydrogen-bond donors (Lipinski definition) is 3. The molecule has 0 spiro atoms. The Labute approximate surface area is 135 Å². The monoisotopic (exact) mass is 314 g/mol. The van der Waals surface area contributed by atoms with Crippen molar-refractivity contribution in [3.8, 4) is 11.3 Å². The van der Waals surface area contributed by atoms with E-state index in [0.717, 1.165) is 11.3 Å². The van der Waals surface area contributed by atoms with Gasteiger partial charge in [-0.1, -0.05) is 26.0 Å². The Bertz CT molecular complexity index is 648. The Morgan fingerprint density at radius 3 is 2.43 bits per heavy atom. The molecular formula is C17H22N4O2. The number of carbonyl (C=O) groups excluding carboxylic acids is 2. The lowest BCUT2D eigenvalue weighted by atomic mass is 10.0. The van der Waals surface area contributed by atoms with Gasteiger partial charge >= 0.3 is 0 Å². The van der Waals surface area contributed by atoms with Gasteiger partial charge in [-0.15, -0.1) is 0 Å². The number of likely N-dealkylation sites (N-methyl/N-ethyl adjacent to an activating group) is 1. The third-order valence-electron chi connectivity index (χ3n) is 3.54. The third kappa shape index (κ3) is 4.18. The summed E-state index contributed by atoms with van der Waals surface area (Å²) in [6.07, 6.45) is 3.33. The number of nitrogens with one attached hydrogen (secondary N) is 3. The first-order valence-electron chi connectivity index (χ1n) is 7.70. The van der Waals surface area contributed by atoms with E-state index in [1.807, 2.05) is 32.9 Å². The number of H-pyrrole nitrogens is 1. The number of carbonyl (C=O) groups is 2. The molecule has 1 atom stereocenters. The fourth-order valence-electron chi connectivity index (χ4n) is 2.26. The van der Waals surface area contributed by atoms with Gasteiger partial charge in [-0.3, -0.25) is 9.59 Å². The average Bonchev–Trinajstić information content (AvgIpc) is 3.06. The van der Waals surface area contributed by atoms with Crippen molar-refractivity contribution in [2.24, 2.45) is 5.92 Å². The van der Waals surface area contributed by atoms with Gasteiger partial charge < -0.3 is 15.6 Å². The van der Waals surface area contributed by atoms with Crippen LogP contribution < -0.4 is 10.6 Å². The fourth-order valence-corrected chi connectivity index (χ4v) is 2.26. The number of nitrogens with zero attached hydrogens (tertiary/aromatic N) is 1. The smallest absolute Gasteiger partial charge is 0.251 e. The number of benzene rings is 1. The summed E-state index contributed by atoms with van der Waals surface area (Å²) in [6, 6.07) is 6.62. The van der Waals surface area contributed by atoms with Crippen molar-refractivity contribution in [3.63, 3.8) is 0 Å². The molecule has 0 saturated carbocycles. The molecule has 6 heteroatoms. The van der Waals surface area contributed by atoms with Gasteiger partial charge in [0.2, 0.25) is 5.91 Å². The molecule has 2 amide bonds. The maximum atomic E-state index is 12.4. The fraction of sp³-hybridized carbons (Fsp3) is 0.353. The summed E-state index contributed by atoms with van der Waals surface area (Å²) in [6.45, 7) is 6.20. The summed E-state index contributed by atoms with van der Waals surface area (Å²) in [4.78, 5) is 31.4. The SMILES string of the molecule is CCNC(=O)C(NC(=O)c1ccc(-c2cnc[nH]2)cc1)C(C)C. The van der Waals surface area contributed by atoms with Gasteiger partial charge in [0.05, 0.1) is 18.2 Å². The van der Waals surface area contributed by atoms with Gasteiger partial charge in [0.1, 0.15) is 6.04 Å². The second-order valence-corrected chi connectivity index (χ2v) is 5.63. The van der Waals surface area contributed by atoms with Crippen LogP contribution in [0.3, 0.4) is 0 Å². The van der Waals surface area contributed by atoms with Crippen molar-refractivity contribution in [2.75, 3.05) is 6.54 Å². The molecule has 0 fully saturated rings. The van der Waals surface area contributed by atoms with Crippen molar-refractivity contribution >= 4 is 11.8 Å². The molecule has 0 radical (unpaired) electrons. The maximum absolute atomic E-state index is 12.4. The van der Waals surface area contributed by atoms with Crippen LogP contribution in [0.25, 0.3) is 11.3 Å². The summed E-state index contributed by atoms with van der Waals surface area (Å²) in [5.74, 6) is -0.411. The number of aromatic nitrogens is 2. The second kappa shape index (κ2) is 7.58. The normalized spacial score (nSPS) is 12.0. The summed E-state index contributed by atoms with van der Waals surface area (Å²) < 4.78 is 0. The largest absolute Gasteiger partial charge is 0.355 e. The molecule has 0 aliphatic carbocycles. The van der Waals surface area contributed by atoms with Crippen LogP contribution >= 0.6 is 0 Å². The molecule has 3 N–H and O–H groups in total. The third-order valence-corrected chi connectivity index (χ3v) is 3.54. The summed E-state index contributed by atoms with van der Waals surface area (Å²) in [5, 5.41) is 5.55. The lowest BCUT2D eigenvalue weighted by Gasteiger charge is -2.21. The van der Waals surface area contributed by atoms with Crippen molar-refractivity contribution in [2.45, 2.75) is 26.8 Å². The van der Waals surface area contributed by atoms with Crippen molar-refractivity contribution in [1.29, 1.82) is 0 Å². The van der Waals surface area contributed by atoms with Crippen LogP contribution in [0, 0.1) is 5.92 Å². The van der Waals surface area contributed by atoms with Crippen LogP contribution in [0.1, 0.15) is 31.1 Å². The van der Waals surface area contributed by atoms with Gasteiger partial charge in [0, 0.05) is 12.1 Å². The van der Waals surface area contributed by atoms with E-state index in [4.69, 9.17) is 0 Å². The first kappa shape index (κ1) is 16.7. The van der Waals surface area contributed by atoms with Crippen LogP contribution in [0.5, 0.6) is 0 Å². The minimum Gasteiger partial charge on any atom is -0.355 e. The number of amides is 2. The molecule has 122 valence electrons. The van der Waals surface area contributed by atoms with E-state index in [0.29, 0.717) is 12.1 Å². The molecule has 1 aromatic carbocycles. The molecule has 6 nitrogen and oxygen atoms in total. The molecule has 2 rings (SSSR count). The highest BCUT2D eigenvalue weighted by Crippen LogP contribution is 2.16. The molecule has 1 unspecified atom stereocenters. The van der Waals surface area contributed by atoms with Gasteiger partial charge in [-0.05, 0) is 30.5 Å². The van der Waals surface area contributed by atoms with E-state index >= 15 is 0 Å². The zero-order valence-electron chi connectivity index (χ0n) is 13.6. The highest BCUT2D eigenvalue weighted by Gasteiger charge is 2.24. The summed E-state index contributed by atoms with van der Waals surface area (Å²) in [5.41, 5.74) is 2.35. The van der Waals surface area contributed by atoms with E-state index in [1.54, 1.807) is 24.7 Å². The average molecular weight is 314 g/mol. The highest BCUT2D eigenvalue weighted by atomic mass is 16.2. The van der Waals surface area contributed by atoms with Gasteiger partial charge in [-0.2, -0.15) is 0 Å². The van der Waals surface area contributed by atoms with Crippen LogP contribution in [-0.4, -0.2) is 34.4 Å². The van der Waals surface area contributed by atoms with Crippen molar-refractivity contribution in [3.05, 3.63) is 42.4 Å². The van der Waals surface area contributed by atoms with E-state index in [-0.39, 0.29) is 17.7 Å². The zero-order valence-corrected chi connectivity index (χ0v) is 13.6. The second-order valence-electron chi connectivity index (χ2n) is 5.63. The van der Waals surface area contributed by atoms with Crippen LogP contribution in [0.4, 0.5) is 0 Å². The maximum Gasteiger partial charge on any atom is 0.251 e. The quantitative estimate of drug-likeness (QED) is 0.762. The van der Waals surface area contributed by atoms with E-state index in [9.17, 15) is 9.59 Å². The molecule has 1 aromatic heterocycles. The Morgan fingerprint density at radius 1 is 1.22 bits per heavy atom. The number of rotatable bonds is 6. The predicted octanol–water partition coefficient (Wildman–Crippen LogP) is 1.97. The lowest BCUT2D eigenvalue weighted by molar-refractivity contribution is -0.123. The predicted molar refractivity (Wildman–Crippen MR) is 88.8 cm³/mol. The van der Waals surface area contributed by atoms with Gasteiger partial charge in [0.15, 0.2) is 0 Å². The number of hydrogen-bond acceptors (Lipinski definition) is 3. The lowest BCUT2D eigenvalue weighted by Crippen LogP contribution is -2.49. The Balaban J connectivity index is 2.08. The van der Waals surface area contributed by atoms with Crippen LogP contribution in [0.15, 0.2) is 36.8 Å². The Kier molecular flexibility index (Phi) is 5.51. The molecule has 0 bridgehead atoms. The standard InChI is InChI=1S/C17H22N4O2/c1-4-19-17(23)15(11(2)3)21-16(22)13-7-5-12(6-8-13)14-9-18-10-20-14/h5-11,15H,4H2,1-3H3,(H,18,20)(H,19,23)(H,21,22). The minimum absolute atomic E-state index is 0.00904. The first-order chi connectivity index (χ1) is 11.0. The molecule has 2 aromatic rings. The highest BCUT2D eigenvalue weighted by molar-refractivity contribution is 5.97. The molecule has 1 heterocycles. The number of imidazole rings is 1. The topological polar surface area (TPSA) is 86.9 Å². The number of aromatic amines is 1. The molecule has 0 saturated heterocycles. The Hall–Kier alpha value is -2.63. The van der Waals surface area contributed by atoms with Crippen molar-refractivity contribution in [1.82, 2.24) is 20.6 Å².